The summed E-state index contributed by atoms with van der Waals surface area (Å²) in [5.41, 5.74) is 2.67. The molecule has 22 heavy (non-hydrogen) atoms. The van der Waals surface area contributed by atoms with Gasteiger partial charge < -0.3 is 4.74 Å². The molecular formula is C19H24N2O. The zero-order valence-electron chi connectivity index (χ0n) is 13.4. The molecule has 1 aromatic carbocycles. The van der Waals surface area contributed by atoms with Crippen molar-refractivity contribution in [2.24, 2.45) is 0 Å². The first-order chi connectivity index (χ1) is 10.7. The highest BCUT2D eigenvalue weighted by atomic mass is 16.5. The van der Waals surface area contributed by atoms with Gasteiger partial charge in [-0.2, -0.15) is 0 Å². The normalized spacial score (nSPS) is 18.8. The van der Waals surface area contributed by atoms with Crippen molar-refractivity contribution in [3.05, 3.63) is 59.8 Å². The van der Waals surface area contributed by atoms with E-state index in [0.717, 1.165) is 13.1 Å². The van der Waals surface area contributed by atoms with Crippen LogP contribution < -0.4 is 4.74 Å². The zero-order chi connectivity index (χ0) is 15.4. The third kappa shape index (κ3) is 3.66. The van der Waals surface area contributed by atoms with Crippen LogP contribution in [0.25, 0.3) is 0 Å². The highest BCUT2D eigenvalue weighted by Gasteiger charge is 2.26. The predicted octanol–water partition coefficient (Wildman–Crippen LogP) is 4.21. The molecule has 0 amide bonds. The molecule has 0 radical (unpaired) electrons. The molecule has 116 valence electrons. The maximum atomic E-state index is 5.63. The van der Waals surface area contributed by atoms with Crippen molar-refractivity contribution in [2.45, 2.75) is 45.4 Å². The Bertz CT molecular complexity index is 580. The van der Waals surface area contributed by atoms with Crippen LogP contribution >= 0.6 is 0 Å². The first-order valence-corrected chi connectivity index (χ1v) is 8.13. The minimum absolute atomic E-state index is 0.166. The molecule has 1 saturated heterocycles. The number of hydrogen-bond donors (Lipinski definition) is 0. The topological polar surface area (TPSA) is 25.4 Å². The molecule has 1 atom stereocenters. The van der Waals surface area contributed by atoms with Gasteiger partial charge in [0.2, 0.25) is 5.88 Å². The number of ether oxygens (including phenoxy) is 1. The van der Waals surface area contributed by atoms with Crippen molar-refractivity contribution < 1.29 is 4.74 Å². The molecule has 0 aliphatic carbocycles. The van der Waals surface area contributed by atoms with E-state index in [1.165, 1.54) is 24.0 Å². The van der Waals surface area contributed by atoms with Gasteiger partial charge in [-0.05, 0) is 44.4 Å². The van der Waals surface area contributed by atoms with Crippen LogP contribution in [-0.2, 0) is 6.54 Å². The average molecular weight is 296 g/mol. The van der Waals surface area contributed by atoms with Crippen molar-refractivity contribution in [3.63, 3.8) is 0 Å². The monoisotopic (exact) mass is 296 g/mol. The fourth-order valence-electron chi connectivity index (χ4n) is 3.11. The van der Waals surface area contributed by atoms with Gasteiger partial charge in [-0.3, -0.25) is 4.90 Å². The van der Waals surface area contributed by atoms with Crippen LogP contribution in [0.1, 0.15) is 43.9 Å². The molecule has 2 aromatic rings. The van der Waals surface area contributed by atoms with Gasteiger partial charge in [0.1, 0.15) is 0 Å². The van der Waals surface area contributed by atoms with Gasteiger partial charge >= 0.3 is 0 Å². The molecule has 1 aliphatic rings. The lowest BCUT2D eigenvalue weighted by Crippen LogP contribution is -2.22. The van der Waals surface area contributed by atoms with Crippen LogP contribution in [0.15, 0.2) is 48.7 Å². The molecule has 1 aromatic heterocycles. The number of rotatable bonds is 5. The largest absolute Gasteiger partial charge is 0.475 e. The smallest absolute Gasteiger partial charge is 0.213 e. The van der Waals surface area contributed by atoms with Crippen molar-refractivity contribution in [1.29, 1.82) is 0 Å². The Balaban J connectivity index is 1.70. The summed E-state index contributed by atoms with van der Waals surface area (Å²) in [6, 6.07) is 15.3. The van der Waals surface area contributed by atoms with Crippen LogP contribution in [0.2, 0.25) is 0 Å². The fourth-order valence-corrected chi connectivity index (χ4v) is 3.11. The molecule has 1 unspecified atom stereocenters. The van der Waals surface area contributed by atoms with Gasteiger partial charge in [-0.1, -0.05) is 36.4 Å². The summed E-state index contributed by atoms with van der Waals surface area (Å²) in [5, 5.41) is 0. The summed E-state index contributed by atoms with van der Waals surface area (Å²) in [5.74, 6) is 0.714. The predicted molar refractivity (Wildman–Crippen MR) is 88.8 cm³/mol. The molecule has 2 heterocycles. The van der Waals surface area contributed by atoms with E-state index in [4.69, 9.17) is 4.74 Å². The second kappa shape index (κ2) is 6.93. The quantitative estimate of drug-likeness (QED) is 0.826. The van der Waals surface area contributed by atoms with E-state index in [9.17, 15) is 0 Å². The molecule has 0 bridgehead atoms. The van der Waals surface area contributed by atoms with Crippen molar-refractivity contribution >= 4 is 0 Å². The first-order valence-electron chi connectivity index (χ1n) is 8.13. The maximum absolute atomic E-state index is 5.63. The van der Waals surface area contributed by atoms with Gasteiger partial charge in [0, 0.05) is 24.8 Å². The Morgan fingerprint density at radius 2 is 2.00 bits per heavy atom. The summed E-state index contributed by atoms with van der Waals surface area (Å²) in [6.45, 7) is 6.21. The van der Waals surface area contributed by atoms with Gasteiger partial charge in [0.15, 0.2) is 0 Å². The van der Waals surface area contributed by atoms with Crippen molar-refractivity contribution in [1.82, 2.24) is 9.88 Å². The van der Waals surface area contributed by atoms with E-state index in [-0.39, 0.29) is 6.10 Å². The van der Waals surface area contributed by atoms with Gasteiger partial charge in [0.05, 0.1) is 6.10 Å². The second-order valence-corrected chi connectivity index (χ2v) is 6.21. The molecule has 0 spiro atoms. The lowest BCUT2D eigenvalue weighted by Gasteiger charge is -2.24. The maximum Gasteiger partial charge on any atom is 0.213 e. The van der Waals surface area contributed by atoms with E-state index >= 15 is 0 Å². The summed E-state index contributed by atoms with van der Waals surface area (Å²) < 4.78 is 5.63. The number of benzene rings is 1. The van der Waals surface area contributed by atoms with E-state index in [1.807, 2.05) is 26.1 Å². The van der Waals surface area contributed by atoms with E-state index < -0.39 is 0 Å². The van der Waals surface area contributed by atoms with Crippen molar-refractivity contribution in [3.8, 4) is 5.88 Å². The van der Waals surface area contributed by atoms with E-state index in [2.05, 4.69) is 46.3 Å². The highest BCUT2D eigenvalue weighted by Crippen LogP contribution is 2.33. The lowest BCUT2D eigenvalue weighted by molar-refractivity contribution is 0.230. The number of likely N-dealkylation sites (tertiary alicyclic amines) is 1. The van der Waals surface area contributed by atoms with Crippen LogP contribution in [0, 0.1) is 0 Å². The second-order valence-electron chi connectivity index (χ2n) is 6.21. The summed E-state index contributed by atoms with van der Waals surface area (Å²) in [7, 11) is 0. The van der Waals surface area contributed by atoms with Gasteiger partial charge in [-0.15, -0.1) is 0 Å². The molecule has 0 N–H and O–H groups in total. The average Bonchev–Trinajstić information content (AvgIpc) is 2.97. The molecule has 3 rings (SSSR count). The lowest BCUT2D eigenvalue weighted by atomic mass is 10.1. The Kier molecular flexibility index (Phi) is 4.74. The van der Waals surface area contributed by atoms with Crippen LogP contribution in [0.3, 0.4) is 0 Å². The number of hydrogen-bond acceptors (Lipinski definition) is 3. The summed E-state index contributed by atoms with van der Waals surface area (Å²) in [6.07, 6.45) is 4.60. The summed E-state index contributed by atoms with van der Waals surface area (Å²) in [4.78, 5) is 7.01. The first kappa shape index (κ1) is 15.0. The molecular weight excluding hydrogens is 272 g/mol. The molecule has 0 saturated carbocycles. The van der Waals surface area contributed by atoms with Crippen LogP contribution in [-0.4, -0.2) is 22.5 Å². The Labute approximate surface area is 132 Å². The standard InChI is InChI=1S/C19H24N2O/c1-15(2)22-19-11-10-17(13-20-19)18-9-6-12-21(18)14-16-7-4-3-5-8-16/h3-5,7-8,10-11,13,15,18H,6,9,12,14H2,1-2H3. The van der Waals surface area contributed by atoms with Gasteiger partial charge in [-0.25, -0.2) is 4.98 Å². The third-order valence-electron chi connectivity index (χ3n) is 4.09. The van der Waals surface area contributed by atoms with Crippen molar-refractivity contribution in [2.75, 3.05) is 6.54 Å². The Morgan fingerprint density at radius 1 is 1.18 bits per heavy atom. The zero-order valence-corrected chi connectivity index (χ0v) is 13.4. The molecule has 3 heteroatoms. The SMILES string of the molecule is CC(C)Oc1ccc(C2CCCN2Cc2ccccc2)cn1. The third-order valence-corrected chi connectivity index (χ3v) is 4.09. The Morgan fingerprint density at radius 3 is 2.68 bits per heavy atom. The van der Waals surface area contributed by atoms with E-state index in [0.29, 0.717) is 11.9 Å². The number of pyridine rings is 1. The Hall–Kier alpha value is -1.87. The highest BCUT2D eigenvalue weighted by molar-refractivity contribution is 5.23. The molecule has 1 fully saturated rings. The fraction of sp³-hybridized carbons (Fsp3) is 0.421. The summed E-state index contributed by atoms with van der Waals surface area (Å²) >= 11 is 0. The van der Waals surface area contributed by atoms with Gasteiger partial charge in [0.25, 0.3) is 0 Å². The minimum Gasteiger partial charge on any atom is -0.475 e. The van der Waals surface area contributed by atoms with Crippen LogP contribution in [0.5, 0.6) is 5.88 Å². The molecule has 1 aliphatic heterocycles. The van der Waals surface area contributed by atoms with E-state index in [1.54, 1.807) is 0 Å². The van der Waals surface area contributed by atoms with Crippen LogP contribution in [0.4, 0.5) is 0 Å². The number of aromatic nitrogens is 1. The molecule has 3 nitrogen and oxygen atoms in total. The minimum atomic E-state index is 0.166. The number of nitrogens with zero attached hydrogens (tertiary/aromatic N) is 2.